The molecule has 4 heteroatoms. The van der Waals surface area contributed by atoms with Crippen molar-refractivity contribution in [3.05, 3.63) is 29.8 Å². The maximum atomic E-state index is 11.5. The van der Waals surface area contributed by atoms with Crippen LogP contribution in [0.1, 0.15) is 24.8 Å². The van der Waals surface area contributed by atoms with Gasteiger partial charge in [-0.05, 0) is 43.5 Å². The second kappa shape index (κ2) is 5.80. The number of rotatable bonds is 5. The van der Waals surface area contributed by atoms with Gasteiger partial charge in [-0.3, -0.25) is 9.63 Å². The summed E-state index contributed by atoms with van der Waals surface area (Å²) in [5.74, 6) is 0.0316. The van der Waals surface area contributed by atoms with Crippen LogP contribution in [0.2, 0.25) is 0 Å². The minimum atomic E-state index is 0.0316. The lowest BCUT2D eigenvalue weighted by molar-refractivity contribution is -0.119. The summed E-state index contributed by atoms with van der Waals surface area (Å²) in [4.78, 5) is 16.8. The number of nitrogens with two attached hydrogens (primary N) is 1. The van der Waals surface area contributed by atoms with Gasteiger partial charge in [-0.15, -0.1) is 0 Å². The number of amides is 1. The summed E-state index contributed by atoms with van der Waals surface area (Å²) in [6.07, 6.45) is 3.57. The van der Waals surface area contributed by atoms with Crippen LogP contribution in [0.3, 0.4) is 0 Å². The number of hydrogen-bond acceptors (Lipinski definition) is 3. The monoisotopic (exact) mass is 234 g/mol. The molecule has 0 atom stereocenters. The molecule has 1 aliphatic rings. The summed E-state index contributed by atoms with van der Waals surface area (Å²) < 4.78 is 0. The lowest BCUT2D eigenvalue weighted by atomic mass is 10.1. The van der Waals surface area contributed by atoms with Crippen molar-refractivity contribution in [1.82, 2.24) is 0 Å². The summed E-state index contributed by atoms with van der Waals surface area (Å²) in [5, 5.41) is 1.40. The van der Waals surface area contributed by atoms with Crippen LogP contribution in [0, 0.1) is 0 Å². The fourth-order valence-electron chi connectivity index (χ4n) is 1.93. The van der Waals surface area contributed by atoms with Crippen molar-refractivity contribution in [2.75, 3.05) is 18.2 Å². The lowest BCUT2D eigenvalue weighted by Crippen LogP contribution is -2.22. The first kappa shape index (κ1) is 12.1. The molecule has 0 aliphatic carbocycles. The molecule has 1 heterocycles. The van der Waals surface area contributed by atoms with Crippen LogP contribution in [0.5, 0.6) is 0 Å². The predicted molar refractivity (Wildman–Crippen MR) is 66.5 cm³/mol. The molecule has 0 saturated carbocycles. The van der Waals surface area contributed by atoms with Crippen molar-refractivity contribution in [2.45, 2.75) is 25.7 Å². The first-order chi connectivity index (χ1) is 8.31. The number of benzene rings is 1. The van der Waals surface area contributed by atoms with Gasteiger partial charge in [-0.25, -0.2) is 0 Å². The van der Waals surface area contributed by atoms with Gasteiger partial charge in [0, 0.05) is 0 Å². The minimum absolute atomic E-state index is 0.0316. The Morgan fingerprint density at radius 1 is 1.35 bits per heavy atom. The molecule has 0 spiro atoms. The molecule has 92 valence electrons. The van der Waals surface area contributed by atoms with Crippen LogP contribution in [0.15, 0.2) is 24.3 Å². The Labute approximate surface area is 101 Å². The zero-order valence-electron chi connectivity index (χ0n) is 9.89. The zero-order chi connectivity index (χ0) is 12.1. The Hall–Kier alpha value is -1.39. The van der Waals surface area contributed by atoms with Gasteiger partial charge < -0.3 is 5.73 Å². The second-order valence-electron chi connectivity index (χ2n) is 4.19. The molecule has 0 aromatic heterocycles. The Kier molecular flexibility index (Phi) is 4.12. The predicted octanol–water partition coefficient (Wildman–Crippen LogP) is 1.64. The van der Waals surface area contributed by atoms with Crippen LogP contribution in [-0.2, 0) is 16.1 Å². The van der Waals surface area contributed by atoms with Crippen molar-refractivity contribution >= 4 is 11.6 Å². The highest BCUT2D eigenvalue weighted by Gasteiger charge is 2.23. The van der Waals surface area contributed by atoms with Gasteiger partial charge >= 0.3 is 0 Å². The summed E-state index contributed by atoms with van der Waals surface area (Å²) in [5.41, 5.74) is 7.52. The highest BCUT2D eigenvalue weighted by Crippen LogP contribution is 2.21. The SMILES string of the molecule is NCCCCc1cccc(N2OCCC2=O)c1. The Balaban J connectivity index is 2.03. The molecule has 2 rings (SSSR count). The number of unbranched alkanes of at least 4 members (excludes halogenated alkanes) is 1. The summed E-state index contributed by atoms with van der Waals surface area (Å²) in [6, 6.07) is 7.94. The van der Waals surface area contributed by atoms with E-state index in [1.54, 1.807) is 0 Å². The van der Waals surface area contributed by atoms with E-state index in [-0.39, 0.29) is 5.91 Å². The smallest absolute Gasteiger partial charge is 0.253 e. The largest absolute Gasteiger partial charge is 0.330 e. The normalized spacial score (nSPS) is 15.6. The average Bonchev–Trinajstić information content (AvgIpc) is 2.76. The summed E-state index contributed by atoms with van der Waals surface area (Å²) in [7, 11) is 0. The van der Waals surface area contributed by atoms with Crippen LogP contribution in [0.25, 0.3) is 0 Å². The molecule has 2 N–H and O–H groups in total. The van der Waals surface area contributed by atoms with E-state index in [2.05, 4.69) is 6.07 Å². The van der Waals surface area contributed by atoms with Crippen molar-refractivity contribution in [3.8, 4) is 0 Å². The van der Waals surface area contributed by atoms with Gasteiger partial charge in [-0.2, -0.15) is 5.06 Å². The molecule has 1 fully saturated rings. The summed E-state index contributed by atoms with van der Waals surface area (Å²) >= 11 is 0. The molecule has 1 amide bonds. The maximum Gasteiger partial charge on any atom is 0.253 e. The number of nitrogens with zero attached hydrogens (tertiary/aromatic N) is 1. The molecule has 0 radical (unpaired) electrons. The van der Waals surface area contributed by atoms with Crippen molar-refractivity contribution in [1.29, 1.82) is 0 Å². The van der Waals surface area contributed by atoms with E-state index in [0.29, 0.717) is 13.0 Å². The lowest BCUT2D eigenvalue weighted by Gasteiger charge is -2.14. The van der Waals surface area contributed by atoms with E-state index in [0.717, 1.165) is 31.5 Å². The van der Waals surface area contributed by atoms with Gasteiger partial charge in [0.25, 0.3) is 5.91 Å². The van der Waals surface area contributed by atoms with E-state index in [1.165, 1.54) is 10.6 Å². The Morgan fingerprint density at radius 3 is 2.94 bits per heavy atom. The van der Waals surface area contributed by atoms with E-state index in [1.807, 2.05) is 18.2 Å². The van der Waals surface area contributed by atoms with E-state index in [4.69, 9.17) is 10.6 Å². The molecule has 1 aromatic carbocycles. The zero-order valence-corrected chi connectivity index (χ0v) is 9.89. The molecular formula is C13H18N2O2. The fraction of sp³-hybridized carbons (Fsp3) is 0.462. The number of aryl methyl sites for hydroxylation is 1. The minimum Gasteiger partial charge on any atom is -0.330 e. The van der Waals surface area contributed by atoms with E-state index in [9.17, 15) is 4.79 Å². The molecule has 4 nitrogen and oxygen atoms in total. The Bertz CT molecular complexity index is 393. The first-order valence-corrected chi connectivity index (χ1v) is 6.06. The number of hydrogen-bond donors (Lipinski definition) is 1. The van der Waals surface area contributed by atoms with E-state index < -0.39 is 0 Å². The Morgan fingerprint density at radius 2 is 2.24 bits per heavy atom. The van der Waals surface area contributed by atoms with Crippen LogP contribution < -0.4 is 10.8 Å². The molecule has 1 aromatic rings. The summed E-state index contributed by atoms with van der Waals surface area (Å²) in [6.45, 7) is 1.21. The van der Waals surface area contributed by atoms with Gasteiger partial charge in [0.15, 0.2) is 0 Å². The maximum absolute atomic E-state index is 11.5. The number of hydroxylamine groups is 1. The molecule has 0 unspecified atom stereocenters. The number of anilines is 1. The van der Waals surface area contributed by atoms with Gasteiger partial charge in [-0.1, -0.05) is 12.1 Å². The van der Waals surface area contributed by atoms with Crippen molar-refractivity contribution in [2.24, 2.45) is 5.73 Å². The standard InChI is InChI=1S/C13H18N2O2/c14-8-2-1-4-11-5-3-6-12(10-11)15-13(16)7-9-17-15/h3,5-6,10H,1-2,4,7-9,14H2. The highest BCUT2D eigenvalue weighted by atomic mass is 16.7. The van der Waals surface area contributed by atoms with Crippen molar-refractivity contribution < 1.29 is 9.63 Å². The third-order valence-corrected chi connectivity index (χ3v) is 2.83. The highest BCUT2D eigenvalue weighted by molar-refractivity contribution is 5.92. The topological polar surface area (TPSA) is 55.6 Å². The van der Waals surface area contributed by atoms with E-state index >= 15 is 0 Å². The third kappa shape index (κ3) is 3.05. The van der Waals surface area contributed by atoms with Gasteiger partial charge in [0.1, 0.15) is 0 Å². The number of carbonyl (C=O) groups is 1. The molecule has 1 aliphatic heterocycles. The molecule has 1 saturated heterocycles. The fourth-order valence-corrected chi connectivity index (χ4v) is 1.93. The quantitative estimate of drug-likeness (QED) is 0.788. The number of carbonyl (C=O) groups excluding carboxylic acids is 1. The molecular weight excluding hydrogens is 216 g/mol. The molecule has 0 bridgehead atoms. The average molecular weight is 234 g/mol. The van der Waals surface area contributed by atoms with Crippen LogP contribution in [-0.4, -0.2) is 19.1 Å². The van der Waals surface area contributed by atoms with Gasteiger partial charge in [0.05, 0.1) is 18.7 Å². The van der Waals surface area contributed by atoms with Crippen LogP contribution >= 0.6 is 0 Å². The van der Waals surface area contributed by atoms with Crippen molar-refractivity contribution in [3.63, 3.8) is 0 Å². The van der Waals surface area contributed by atoms with Gasteiger partial charge in [0.2, 0.25) is 0 Å². The second-order valence-corrected chi connectivity index (χ2v) is 4.19. The third-order valence-electron chi connectivity index (χ3n) is 2.83. The van der Waals surface area contributed by atoms with Crippen LogP contribution in [0.4, 0.5) is 5.69 Å². The first-order valence-electron chi connectivity index (χ1n) is 6.06. The molecule has 17 heavy (non-hydrogen) atoms.